The van der Waals surface area contributed by atoms with Crippen molar-refractivity contribution in [2.24, 2.45) is 0 Å². The number of hydrogen-bond acceptors (Lipinski definition) is 7. The molecule has 1 aliphatic rings. The fourth-order valence-corrected chi connectivity index (χ4v) is 5.61. The number of aliphatic hydroxyl groups is 1. The summed E-state index contributed by atoms with van der Waals surface area (Å²) in [5.74, 6) is -0.665. The Morgan fingerprint density at radius 1 is 1.05 bits per heavy atom. The van der Waals surface area contributed by atoms with Gasteiger partial charge in [-0.1, -0.05) is 36.4 Å². The van der Waals surface area contributed by atoms with E-state index in [-0.39, 0.29) is 11.5 Å². The molecule has 37 heavy (non-hydrogen) atoms. The first-order valence-corrected chi connectivity index (χ1v) is 12.5. The van der Waals surface area contributed by atoms with E-state index in [4.69, 9.17) is 4.42 Å². The lowest BCUT2D eigenvalue weighted by Crippen LogP contribution is -2.31. The van der Waals surface area contributed by atoms with E-state index in [0.29, 0.717) is 32.6 Å². The third-order valence-corrected chi connectivity index (χ3v) is 7.57. The van der Waals surface area contributed by atoms with E-state index in [1.807, 2.05) is 55.5 Å². The zero-order valence-corrected chi connectivity index (χ0v) is 21.1. The molecule has 1 aliphatic heterocycles. The summed E-state index contributed by atoms with van der Waals surface area (Å²) < 4.78 is 5.88. The standard InChI is InChI=1S/C28H22N4O4S/c1-14-9-11-18-19(13-14)31-28(30-18)32-22(20-12-10-15(2)36-20)21(24(34)27(32)35)23(33)25-16(3)29-26(37-25)17-7-5-4-6-8-17/h4-13,22,34H,1-3H3,(H,30,31). The van der Waals surface area contributed by atoms with E-state index in [0.717, 1.165) is 16.6 Å². The summed E-state index contributed by atoms with van der Waals surface area (Å²) in [7, 11) is 0. The highest BCUT2D eigenvalue weighted by molar-refractivity contribution is 7.17. The number of Topliss-reactive ketones (excluding diaryl/α,β-unsaturated/α-hetero) is 1. The Kier molecular flexibility index (Phi) is 5.31. The zero-order valence-electron chi connectivity index (χ0n) is 20.3. The molecular formula is C28H22N4O4S. The van der Waals surface area contributed by atoms with Crippen LogP contribution in [-0.4, -0.2) is 31.7 Å². The van der Waals surface area contributed by atoms with Gasteiger partial charge in [0.2, 0.25) is 11.7 Å². The first-order valence-electron chi connectivity index (χ1n) is 11.7. The van der Waals surface area contributed by atoms with Gasteiger partial charge in [-0.25, -0.2) is 9.97 Å². The third kappa shape index (κ3) is 3.75. The molecule has 1 amide bonds. The molecule has 0 aliphatic carbocycles. The van der Waals surface area contributed by atoms with Gasteiger partial charge in [0.1, 0.15) is 22.6 Å². The maximum Gasteiger partial charge on any atom is 0.296 e. The molecule has 2 aromatic carbocycles. The summed E-state index contributed by atoms with van der Waals surface area (Å²) in [6, 6.07) is 17.7. The maximum atomic E-state index is 14.0. The van der Waals surface area contributed by atoms with E-state index < -0.39 is 23.5 Å². The molecule has 1 unspecified atom stereocenters. The van der Waals surface area contributed by atoms with Gasteiger partial charge in [0.25, 0.3) is 5.91 Å². The van der Waals surface area contributed by atoms with E-state index in [1.54, 1.807) is 26.0 Å². The van der Waals surface area contributed by atoms with Crippen LogP contribution in [0.25, 0.3) is 21.6 Å². The smallest absolute Gasteiger partial charge is 0.296 e. The molecule has 9 heteroatoms. The molecule has 8 nitrogen and oxygen atoms in total. The number of rotatable bonds is 5. The first kappa shape index (κ1) is 22.9. The van der Waals surface area contributed by atoms with Gasteiger partial charge in [0.15, 0.2) is 5.76 Å². The summed E-state index contributed by atoms with van der Waals surface area (Å²) in [5.41, 5.74) is 3.76. The monoisotopic (exact) mass is 510 g/mol. The Morgan fingerprint density at radius 2 is 1.84 bits per heavy atom. The van der Waals surface area contributed by atoms with Crippen molar-refractivity contribution in [2.75, 3.05) is 4.90 Å². The van der Waals surface area contributed by atoms with Crippen LogP contribution in [-0.2, 0) is 4.79 Å². The Morgan fingerprint density at radius 3 is 2.57 bits per heavy atom. The number of nitrogens with one attached hydrogen (secondary N) is 1. The Balaban J connectivity index is 1.47. The largest absolute Gasteiger partial charge is 0.503 e. The molecule has 1 atom stereocenters. The normalized spacial score (nSPS) is 15.8. The number of aryl methyl sites for hydroxylation is 3. The van der Waals surface area contributed by atoms with Crippen molar-refractivity contribution in [1.82, 2.24) is 15.0 Å². The summed E-state index contributed by atoms with van der Waals surface area (Å²) in [6.45, 7) is 5.48. The van der Waals surface area contributed by atoms with E-state index >= 15 is 0 Å². The van der Waals surface area contributed by atoms with Gasteiger partial charge < -0.3 is 14.5 Å². The van der Waals surface area contributed by atoms with Crippen LogP contribution in [0.2, 0.25) is 0 Å². The number of carbonyl (C=O) groups excluding carboxylic acids is 2. The van der Waals surface area contributed by atoms with Crippen LogP contribution in [0.5, 0.6) is 0 Å². The predicted molar refractivity (Wildman–Crippen MR) is 141 cm³/mol. The fraction of sp³-hybridized carbons (Fsp3) is 0.143. The van der Waals surface area contributed by atoms with Crippen LogP contribution in [0.15, 0.2) is 76.4 Å². The maximum absolute atomic E-state index is 14.0. The molecule has 4 heterocycles. The number of imidazole rings is 1. The molecule has 0 bridgehead atoms. The number of carbonyl (C=O) groups is 2. The molecule has 5 aromatic rings. The highest BCUT2D eigenvalue weighted by Gasteiger charge is 2.48. The van der Waals surface area contributed by atoms with Crippen LogP contribution >= 0.6 is 11.3 Å². The van der Waals surface area contributed by atoms with Gasteiger partial charge in [-0.3, -0.25) is 14.5 Å². The number of ketones is 1. The van der Waals surface area contributed by atoms with E-state index in [9.17, 15) is 14.7 Å². The van der Waals surface area contributed by atoms with Gasteiger partial charge in [-0.15, -0.1) is 11.3 Å². The number of nitrogens with zero attached hydrogens (tertiary/aromatic N) is 3. The Bertz CT molecular complexity index is 1730. The number of fused-ring (bicyclic) bond motifs is 1. The van der Waals surface area contributed by atoms with Crippen LogP contribution in [0.4, 0.5) is 5.95 Å². The van der Waals surface area contributed by atoms with Gasteiger partial charge in [0.05, 0.1) is 27.2 Å². The Hall–Kier alpha value is -4.50. The van der Waals surface area contributed by atoms with Gasteiger partial charge in [0, 0.05) is 5.56 Å². The molecule has 0 fully saturated rings. The van der Waals surface area contributed by atoms with Crippen LogP contribution < -0.4 is 4.90 Å². The molecule has 0 saturated heterocycles. The number of aromatic amines is 1. The Labute approximate surface area is 215 Å². The number of furan rings is 1. The number of aromatic nitrogens is 3. The molecule has 184 valence electrons. The van der Waals surface area contributed by atoms with Crippen molar-refractivity contribution in [3.63, 3.8) is 0 Å². The lowest BCUT2D eigenvalue weighted by atomic mass is 10.00. The molecule has 2 N–H and O–H groups in total. The van der Waals surface area contributed by atoms with Gasteiger partial charge >= 0.3 is 0 Å². The predicted octanol–water partition coefficient (Wildman–Crippen LogP) is 5.99. The number of thiazole rings is 1. The highest BCUT2D eigenvalue weighted by atomic mass is 32.1. The quantitative estimate of drug-likeness (QED) is 0.281. The molecule has 0 saturated carbocycles. The SMILES string of the molecule is Cc1ccc2nc(N3C(=O)C(O)=C(C(=O)c4sc(-c5ccccc5)nc4C)C3c3ccc(C)o3)[nH]c2c1. The van der Waals surface area contributed by atoms with Crippen LogP contribution in [0.3, 0.4) is 0 Å². The van der Waals surface area contributed by atoms with Gasteiger partial charge in [-0.2, -0.15) is 0 Å². The third-order valence-electron chi connectivity index (χ3n) is 6.36. The van der Waals surface area contributed by atoms with E-state index in [2.05, 4.69) is 15.0 Å². The minimum Gasteiger partial charge on any atom is -0.503 e. The second-order valence-corrected chi connectivity index (χ2v) is 10.00. The van der Waals surface area contributed by atoms with E-state index in [1.165, 1.54) is 16.2 Å². The highest BCUT2D eigenvalue weighted by Crippen LogP contribution is 2.43. The van der Waals surface area contributed by atoms with Gasteiger partial charge in [-0.05, 0) is 50.6 Å². The number of amides is 1. The average molecular weight is 511 g/mol. The number of H-pyrrole nitrogens is 1. The summed E-state index contributed by atoms with van der Waals surface area (Å²) >= 11 is 1.23. The number of benzene rings is 2. The summed E-state index contributed by atoms with van der Waals surface area (Å²) in [6.07, 6.45) is 0. The lowest BCUT2D eigenvalue weighted by Gasteiger charge is -2.22. The second kappa shape index (κ2) is 8.56. The first-order chi connectivity index (χ1) is 17.8. The van der Waals surface area contributed by atoms with Crippen molar-refractivity contribution in [1.29, 1.82) is 0 Å². The lowest BCUT2D eigenvalue weighted by molar-refractivity contribution is -0.117. The molecular weight excluding hydrogens is 488 g/mol. The molecule has 6 rings (SSSR count). The molecule has 0 radical (unpaired) electrons. The minimum absolute atomic E-state index is 0.0673. The van der Waals surface area contributed by atoms with Crippen molar-refractivity contribution in [3.8, 4) is 10.6 Å². The van der Waals surface area contributed by atoms with Crippen LogP contribution in [0.1, 0.15) is 38.5 Å². The zero-order chi connectivity index (χ0) is 25.8. The summed E-state index contributed by atoms with van der Waals surface area (Å²) in [4.78, 5) is 41.4. The molecule has 0 spiro atoms. The number of aliphatic hydroxyl groups excluding tert-OH is 1. The van der Waals surface area contributed by atoms with Crippen LogP contribution in [0, 0.1) is 20.8 Å². The van der Waals surface area contributed by atoms with Crippen molar-refractivity contribution in [2.45, 2.75) is 26.8 Å². The van der Waals surface area contributed by atoms with Crippen molar-refractivity contribution >= 4 is 40.0 Å². The minimum atomic E-state index is -1.00. The number of anilines is 1. The summed E-state index contributed by atoms with van der Waals surface area (Å²) in [5, 5.41) is 11.7. The molecule has 3 aromatic heterocycles. The topological polar surface area (TPSA) is 112 Å². The number of hydrogen-bond donors (Lipinski definition) is 2. The van der Waals surface area contributed by atoms with Crippen molar-refractivity contribution in [3.05, 3.63) is 99.7 Å². The fourth-order valence-electron chi connectivity index (χ4n) is 4.58. The van der Waals surface area contributed by atoms with Crippen molar-refractivity contribution < 1.29 is 19.1 Å². The second-order valence-electron chi connectivity index (χ2n) is 9.00. The average Bonchev–Trinajstić information content (AvgIpc) is 3.65.